The van der Waals surface area contributed by atoms with E-state index in [4.69, 9.17) is 16.3 Å². The molecule has 0 aliphatic heterocycles. The Morgan fingerprint density at radius 1 is 1.33 bits per heavy atom. The lowest BCUT2D eigenvalue weighted by molar-refractivity contribution is -0.119. The molecule has 2 aromatic heterocycles. The molecule has 0 unspecified atom stereocenters. The molecule has 7 nitrogen and oxygen atoms in total. The van der Waals surface area contributed by atoms with Crippen LogP contribution in [0.2, 0.25) is 5.15 Å². The second-order valence-corrected chi connectivity index (χ2v) is 7.69. The molecule has 0 fully saturated rings. The first-order valence-electron chi connectivity index (χ1n) is 7.58. The minimum atomic E-state index is -1.11. The van der Waals surface area contributed by atoms with Crippen LogP contribution in [0.3, 0.4) is 0 Å². The third kappa shape index (κ3) is 3.96. The molecule has 24 heavy (non-hydrogen) atoms. The maximum Gasteiger partial charge on any atom is 0.229 e. The average Bonchev–Trinajstić information content (AvgIpc) is 2.72. The lowest BCUT2D eigenvalue weighted by Gasteiger charge is -2.24. The molecule has 0 spiro atoms. The highest BCUT2D eigenvalue weighted by Crippen LogP contribution is 2.33. The highest BCUT2D eigenvalue weighted by atomic mass is 35.5. The molecule has 2 heterocycles. The molecule has 132 valence electrons. The number of rotatable bonds is 4. The lowest BCUT2D eigenvalue weighted by Crippen LogP contribution is -2.30. The minimum Gasteiger partial charge on any atom is -0.494 e. The number of pyridine rings is 1. The molecular weight excluding hydrogens is 332 g/mol. The van der Waals surface area contributed by atoms with Crippen molar-refractivity contribution in [2.45, 2.75) is 52.2 Å². The number of amides is 1. The Morgan fingerprint density at radius 3 is 2.46 bits per heavy atom. The van der Waals surface area contributed by atoms with Gasteiger partial charge in [-0.1, -0.05) is 11.6 Å². The van der Waals surface area contributed by atoms with Gasteiger partial charge < -0.3 is 9.84 Å². The Balaban J connectivity index is 2.59. The molecule has 0 saturated carbocycles. The van der Waals surface area contributed by atoms with E-state index in [9.17, 15) is 9.90 Å². The van der Waals surface area contributed by atoms with Crippen LogP contribution in [0.15, 0.2) is 6.07 Å². The van der Waals surface area contributed by atoms with Crippen LogP contribution in [0.25, 0.3) is 11.2 Å². The first kappa shape index (κ1) is 18.5. The van der Waals surface area contributed by atoms with Crippen molar-refractivity contribution in [2.24, 2.45) is 0 Å². The van der Waals surface area contributed by atoms with Crippen LogP contribution in [0.1, 0.15) is 41.0 Å². The highest BCUT2D eigenvalue weighted by molar-refractivity contribution is 6.30. The van der Waals surface area contributed by atoms with Crippen LogP contribution in [0.4, 0.5) is 5.95 Å². The predicted molar refractivity (Wildman–Crippen MR) is 93.6 cm³/mol. The van der Waals surface area contributed by atoms with Gasteiger partial charge in [-0.05, 0) is 34.6 Å². The summed E-state index contributed by atoms with van der Waals surface area (Å²) in [7, 11) is 1.52. The number of anilines is 1. The lowest BCUT2D eigenvalue weighted by atomic mass is 10.1. The molecule has 0 saturated heterocycles. The molecule has 2 rings (SSSR count). The van der Waals surface area contributed by atoms with Crippen LogP contribution >= 0.6 is 11.6 Å². The molecule has 0 radical (unpaired) electrons. The number of aromatic nitrogens is 3. The van der Waals surface area contributed by atoms with E-state index in [2.05, 4.69) is 15.3 Å². The molecule has 0 aliphatic carbocycles. The molecule has 1 amide bonds. The smallest absolute Gasteiger partial charge is 0.229 e. The fourth-order valence-corrected chi connectivity index (χ4v) is 2.61. The summed E-state index contributed by atoms with van der Waals surface area (Å²) in [5, 5.41) is 12.8. The number of methoxy groups -OCH3 is 1. The van der Waals surface area contributed by atoms with E-state index in [0.29, 0.717) is 22.9 Å². The number of hydrogen-bond acceptors (Lipinski definition) is 5. The predicted octanol–water partition coefficient (Wildman–Crippen LogP) is 2.95. The maximum absolute atomic E-state index is 12.2. The Bertz CT molecular complexity index is 772. The number of ether oxygens (including phenoxy) is 1. The Morgan fingerprint density at radius 2 is 1.96 bits per heavy atom. The second-order valence-electron chi connectivity index (χ2n) is 7.30. The first-order valence-corrected chi connectivity index (χ1v) is 7.96. The zero-order valence-corrected chi connectivity index (χ0v) is 15.5. The van der Waals surface area contributed by atoms with Crippen molar-refractivity contribution in [3.63, 3.8) is 0 Å². The van der Waals surface area contributed by atoms with Gasteiger partial charge >= 0.3 is 0 Å². The van der Waals surface area contributed by atoms with Gasteiger partial charge in [-0.3, -0.25) is 14.7 Å². The standard InChI is InChI=1S/C16H23ClN4O3/c1-15(2,3)21-13-12(9(24-6)7-10(17)18-13)20-14(21)19-11(22)8-16(4,5)23/h7,23H,8H2,1-6H3,(H,19,20,22). The van der Waals surface area contributed by atoms with E-state index in [1.54, 1.807) is 24.5 Å². The summed E-state index contributed by atoms with van der Waals surface area (Å²) in [4.78, 5) is 21.0. The number of fused-ring (bicyclic) bond motifs is 1. The number of hydrogen-bond donors (Lipinski definition) is 2. The van der Waals surface area contributed by atoms with Gasteiger partial charge in [0.05, 0.1) is 19.1 Å². The number of carbonyl (C=O) groups excluding carboxylic acids is 1. The summed E-state index contributed by atoms with van der Waals surface area (Å²) < 4.78 is 7.11. The first-order chi connectivity index (χ1) is 10.9. The van der Waals surface area contributed by atoms with Crippen LogP contribution in [-0.2, 0) is 10.3 Å². The van der Waals surface area contributed by atoms with E-state index >= 15 is 0 Å². The number of carbonyl (C=O) groups is 1. The summed E-state index contributed by atoms with van der Waals surface area (Å²) in [6.07, 6.45) is -0.0499. The molecule has 2 aromatic rings. The van der Waals surface area contributed by atoms with Gasteiger partial charge in [0.15, 0.2) is 16.9 Å². The molecule has 2 N–H and O–H groups in total. The summed E-state index contributed by atoms with van der Waals surface area (Å²) in [5.74, 6) is 0.471. The van der Waals surface area contributed by atoms with Gasteiger partial charge in [-0.15, -0.1) is 0 Å². The van der Waals surface area contributed by atoms with Crippen molar-refractivity contribution in [3.05, 3.63) is 11.2 Å². The van der Waals surface area contributed by atoms with Gasteiger partial charge in [0.25, 0.3) is 0 Å². The van der Waals surface area contributed by atoms with E-state index in [1.165, 1.54) is 7.11 Å². The minimum absolute atomic E-state index is 0.0499. The van der Waals surface area contributed by atoms with Gasteiger partial charge in [0.1, 0.15) is 5.15 Å². The number of nitrogens with zero attached hydrogens (tertiary/aromatic N) is 3. The van der Waals surface area contributed by atoms with Crippen LogP contribution < -0.4 is 10.1 Å². The fraction of sp³-hybridized carbons (Fsp3) is 0.562. The summed E-state index contributed by atoms with van der Waals surface area (Å²) in [6.45, 7) is 9.05. The topological polar surface area (TPSA) is 89.3 Å². The summed E-state index contributed by atoms with van der Waals surface area (Å²) >= 11 is 6.07. The number of aliphatic hydroxyl groups is 1. The quantitative estimate of drug-likeness (QED) is 0.824. The maximum atomic E-state index is 12.2. The second kappa shape index (κ2) is 6.22. The average molecular weight is 355 g/mol. The zero-order chi connectivity index (χ0) is 18.3. The summed E-state index contributed by atoms with van der Waals surface area (Å²) in [5.41, 5.74) is -0.489. The van der Waals surface area contributed by atoms with E-state index in [0.717, 1.165) is 0 Å². The molecule has 0 aromatic carbocycles. The Hall–Kier alpha value is -1.86. The monoisotopic (exact) mass is 354 g/mol. The molecular formula is C16H23ClN4O3. The van der Waals surface area contributed by atoms with Crippen molar-refractivity contribution >= 4 is 34.6 Å². The third-order valence-electron chi connectivity index (χ3n) is 3.28. The number of nitrogens with one attached hydrogen (secondary N) is 1. The van der Waals surface area contributed by atoms with E-state index in [1.807, 2.05) is 20.8 Å². The summed E-state index contributed by atoms with van der Waals surface area (Å²) in [6, 6.07) is 1.58. The van der Waals surface area contributed by atoms with Crippen LogP contribution in [-0.4, -0.2) is 38.3 Å². The Labute approximate surface area is 146 Å². The molecule has 0 bridgehead atoms. The highest BCUT2D eigenvalue weighted by Gasteiger charge is 2.27. The molecule has 8 heteroatoms. The van der Waals surface area contributed by atoms with Gasteiger partial charge in [0.2, 0.25) is 11.9 Å². The van der Waals surface area contributed by atoms with Gasteiger partial charge in [-0.2, -0.15) is 0 Å². The van der Waals surface area contributed by atoms with E-state index < -0.39 is 11.1 Å². The van der Waals surface area contributed by atoms with Crippen LogP contribution in [0, 0.1) is 0 Å². The normalized spacial score (nSPS) is 12.5. The largest absolute Gasteiger partial charge is 0.494 e. The fourth-order valence-electron chi connectivity index (χ4n) is 2.43. The zero-order valence-electron chi connectivity index (χ0n) is 14.8. The van der Waals surface area contributed by atoms with Gasteiger partial charge in [0, 0.05) is 11.6 Å². The number of imidazole rings is 1. The van der Waals surface area contributed by atoms with Gasteiger partial charge in [-0.25, -0.2) is 9.97 Å². The van der Waals surface area contributed by atoms with Crippen molar-refractivity contribution in [3.8, 4) is 5.75 Å². The molecule has 0 atom stereocenters. The van der Waals surface area contributed by atoms with Crippen molar-refractivity contribution in [1.29, 1.82) is 0 Å². The Kier molecular flexibility index (Phi) is 4.79. The van der Waals surface area contributed by atoms with Crippen LogP contribution in [0.5, 0.6) is 5.75 Å². The third-order valence-corrected chi connectivity index (χ3v) is 3.48. The van der Waals surface area contributed by atoms with Crippen molar-refractivity contribution < 1.29 is 14.6 Å². The number of halogens is 1. The molecule has 0 aliphatic rings. The van der Waals surface area contributed by atoms with E-state index in [-0.39, 0.29) is 17.5 Å². The van der Waals surface area contributed by atoms with Crippen molar-refractivity contribution in [1.82, 2.24) is 14.5 Å². The SMILES string of the molecule is COc1cc(Cl)nc2c1nc(NC(=O)CC(C)(C)O)n2C(C)(C)C. The van der Waals surface area contributed by atoms with Crippen molar-refractivity contribution in [2.75, 3.05) is 12.4 Å².